The fourth-order valence-corrected chi connectivity index (χ4v) is 1.53. The number of rotatable bonds is 6. The van der Waals surface area contributed by atoms with E-state index >= 15 is 0 Å². The van der Waals surface area contributed by atoms with Gasteiger partial charge >= 0.3 is 0 Å². The highest BCUT2D eigenvalue weighted by Crippen LogP contribution is 2.39. The van der Waals surface area contributed by atoms with Crippen molar-refractivity contribution < 1.29 is 9.79 Å². The van der Waals surface area contributed by atoms with Gasteiger partial charge in [0.2, 0.25) is 5.69 Å². The molecule has 0 unspecified atom stereocenters. The Balaban J connectivity index is 0.000000494. The van der Waals surface area contributed by atoms with Gasteiger partial charge in [-0.05, 0) is 24.6 Å². The van der Waals surface area contributed by atoms with Crippen LogP contribution in [0.1, 0.15) is 39.5 Å². The standard InChI is InChI=1S/C11H22N2.H3O2PS2/c1-3-5-7-12-9-10-13(11-12)8-6-4-2;1-3(2,4)5/h9-10H,3-8,11H2,1-2H3;(H3,1,2,4,5). The molecule has 0 atom stereocenters. The van der Waals surface area contributed by atoms with Gasteiger partial charge in [-0.2, -0.15) is 0 Å². The molecule has 18 heavy (non-hydrogen) atoms. The molecular formula is C11H25N2O2PS2. The summed E-state index contributed by atoms with van der Waals surface area (Å²) in [4.78, 5) is 20.5. The van der Waals surface area contributed by atoms with E-state index in [9.17, 15) is 0 Å². The second-order valence-electron chi connectivity index (χ2n) is 4.28. The van der Waals surface area contributed by atoms with Gasteiger partial charge in [0.1, 0.15) is 0 Å². The largest absolute Gasteiger partial charge is 0.359 e. The summed E-state index contributed by atoms with van der Waals surface area (Å²) in [5.74, 6) is 0. The molecule has 1 heterocycles. The van der Waals surface area contributed by atoms with Crippen molar-refractivity contribution in [1.29, 1.82) is 0 Å². The lowest BCUT2D eigenvalue weighted by Gasteiger charge is -2.20. The third kappa shape index (κ3) is 12.7. The van der Waals surface area contributed by atoms with E-state index in [1.54, 1.807) is 0 Å². The van der Waals surface area contributed by atoms with Crippen LogP contribution in [0.25, 0.3) is 0 Å². The van der Waals surface area contributed by atoms with Crippen LogP contribution < -0.4 is 0 Å². The summed E-state index contributed by atoms with van der Waals surface area (Å²) in [5, 5.41) is 0. The minimum atomic E-state index is -3.11. The smallest absolute Gasteiger partial charge is 0.239 e. The van der Waals surface area contributed by atoms with Gasteiger partial charge in [0, 0.05) is 25.5 Å². The molecule has 0 aromatic rings. The van der Waals surface area contributed by atoms with Crippen molar-refractivity contribution in [2.75, 3.05) is 19.8 Å². The number of nitrogens with zero attached hydrogens (tertiary/aromatic N) is 2. The highest BCUT2D eigenvalue weighted by molar-refractivity contribution is 8.59. The van der Waals surface area contributed by atoms with E-state index < -0.39 is 5.69 Å². The molecule has 7 heteroatoms. The van der Waals surface area contributed by atoms with Crippen LogP contribution in [-0.4, -0.2) is 39.3 Å². The number of thiol groups is 1. The first-order valence-electron chi connectivity index (χ1n) is 6.31. The van der Waals surface area contributed by atoms with E-state index in [4.69, 9.17) is 9.79 Å². The SMILES string of the molecule is CCCCN1C=CN(CCCC)C1.OP(O)(=S)S. The summed E-state index contributed by atoms with van der Waals surface area (Å²) in [6.07, 6.45) is 9.66. The monoisotopic (exact) mass is 312 g/mol. The fourth-order valence-electron chi connectivity index (χ4n) is 1.53. The fraction of sp³-hybridized carbons (Fsp3) is 0.818. The van der Waals surface area contributed by atoms with E-state index in [0.29, 0.717) is 0 Å². The van der Waals surface area contributed by atoms with Crippen LogP contribution >= 0.6 is 17.9 Å². The Bertz CT molecular complexity index is 260. The Labute approximate surface area is 121 Å². The Morgan fingerprint density at radius 3 is 1.72 bits per heavy atom. The topological polar surface area (TPSA) is 46.9 Å². The van der Waals surface area contributed by atoms with Gasteiger partial charge in [0.15, 0.2) is 0 Å². The van der Waals surface area contributed by atoms with E-state index in [-0.39, 0.29) is 0 Å². The van der Waals surface area contributed by atoms with Gasteiger partial charge in [-0.3, -0.25) is 0 Å². The van der Waals surface area contributed by atoms with Crippen LogP contribution in [0, 0.1) is 0 Å². The first-order valence-corrected chi connectivity index (χ1v) is 10.2. The van der Waals surface area contributed by atoms with Crippen LogP contribution in [0.15, 0.2) is 12.4 Å². The molecule has 108 valence electrons. The zero-order chi connectivity index (χ0) is 14.0. The second kappa shape index (κ2) is 10.1. The summed E-state index contributed by atoms with van der Waals surface area (Å²) in [5.41, 5.74) is -3.11. The van der Waals surface area contributed by atoms with Crippen molar-refractivity contribution in [3.63, 3.8) is 0 Å². The molecule has 0 spiro atoms. The molecule has 0 aliphatic carbocycles. The maximum absolute atomic E-state index is 7.87. The lowest BCUT2D eigenvalue weighted by molar-refractivity contribution is 0.260. The predicted octanol–water partition coefficient (Wildman–Crippen LogP) is 2.76. The lowest BCUT2D eigenvalue weighted by Crippen LogP contribution is -2.26. The molecule has 0 amide bonds. The molecule has 2 N–H and O–H groups in total. The maximum atomic E-state index is 7.87. The zero-order valence-corrected chi connectivity index (χ0v) is 13.8. The molecule has 4 nitrogen and oxygen atoms in total. The van der Waals surface area contributed by atoms with Crippen molar-refractivity contribution in [3.8, 4) is 0 Å². The van der Waals surface area contributed by atoms with Crippen molar-refractivity contribution in [2.24, 2.45) is 0 Å². The highest BCUT2D eigenvalue weighted by atomic mass is 32.9. The highest BCUT2D eigenvalue weighted by Gasteiger charge is 2.09. The van der Waals surface area contributed by atoms with Crippen molar-refractivity contribution in [2.45, 2.75) is 39.5 Å². The Kier molecular flexibility index (Phi) is 10.2. The van der Waals surface area contributed by atoms with Gasteiger partial charge in [-0.15, -0.1) is 0 Å². The van der Waals surface area contributed by atoms with Crippen LogP contribution in [0.2, 0.25) is 0 Å². The summed E-state index contributed by atoms with van der Waals surface area (Å²) in [6.45, 7) is 8.04. The molecule has 1 aliphatic heterocycles. The summed E-state index contributed by atoms with van der Waals surface area (Å²) < 4.78 is 0. The third-order valence-corrected chi connectivity index (χ3v) is 2.45. The summed E-state index contributed by atoms with van der Waals surface area (Å²) in [6, 6.07) is 0. The predicted molar refractivity (Wildman–Crippen MR) is 84.9 cm³/mol. The van der Waals surface area contributed by atoms with Crippen LogP contribution in [0.4, 0.5) is 0 Å². The van der Waals surface area contributed by atoms with Gasteiger partial charge in [-0.25, -0.2) is 0 Å². The number of hydrogen-bond donors (Lipinski definition) is 3. The van der Waals surface area contributed by atoms with Crippen LogP contribution in [0.3, 0.4) is 0 Å². The molecule has 0 radical (unpaired) electrons. The second-order valence-corrected chi connectivity index (χ2v) is 9.32. The summed E-state index contributed by atoms with van der Waals surface area (Å²) >= 11 is 7.07. The molecule has 0 aromatic heterocycles. The molecule has 1 rings (SSSR count). The first kappa shape index (κ1) is 18.3. The van der Waals surface area contributed by atoms with Crippen molar-refractivity contribution in [1.82, 2.24) is 9.80 Å². The van der Waals surface area contributed by atoms with Crippen LogP contribution in [0.5, 0.6) is 0 Å². The quantitative estimate of drug-likeness (QED) is 0.520. The molecular weight excluding hydrogens is 287 g/mol. The minimum absolute atomic E-state index is 1.11. The van der Waals surface area contributed by atoms with E-state index in [1.807, 2.05) is 0 Å². The Morgan fingerprint density at radius 2 is 1.44 bits per heavy atom. The van der Waals surface area contributed by atoms with Crippen LogP contribution in [-0.2, 0) is 11.8 Å². The molecule has 0 aromatic carbocycles. The van der Waals surface area contributed by atoms with E-state index in [0.717, 1.165) is 6.67 Å². The molecule has 0 bridgehead atoms. The first-order chi connectivity index (χ1) is 8.36. The summed E-state index contributed by atoms with van der Waals surface area (Å²) in [7, 11) is 0. The molecule has 0 saturated heterocycles. The maximum Gasteiger partial charge on any atom is 0.239 e. The van der Waals surface area contributed by atoms with E-state index in [2.05, 4.69) is 60.1 Å². The van der Waals surface area contributed by atoms with Gasteiger partial charge < -0.3 is 19.6 Å². The zero-order valence-electron chi connectivity index (χ0n) is 11.2. The number of unbranched alkanes of at least 4 members (excludes halogenated alkanes) is 2. The molecule has 0 fully saturated rings. The normalized spacial score (nSPS) is 14.7. The Hall–Kier alpha value is 0.260. The third-order valence-electron chi connectivity index (χ3n) is 2.45. The average Bonchev–Trinajstić information content (AvgIpc) is 2.69. The molecule has 1 aliphatic rings. The van der Waals surface area contributed by atoms with Gasteiger partial charge in [-0.1, -0.05) is 38.9 Å². The Morgan fingerprint density at radius 1 is 1.11 bits per heavy atom. The average molecular weight is 312 g/mol. The minimum Gasteiger partial charge on any atom is -0.359 e. The van der Waals surface area contributed by atoms with Gasteiger partial charge in [0.05, 0.1) is 6.67 Å². The lowest BCUT2D eigenvalue weighted by atomic mass is 10.3. The molecule has 0 saturated carbocycles. The van der Waals surface area contributed by atoms with Crippen molar-refractivity contribution >= 4 is 29.7 Å². The van der Waals surface area contributed by atoms with Gasteiger partial charge in [0.25, 0.3) is 0 Å². The van der Waals surface area contributed by atoms with E-state index in [1.165, 1.54) is 38.8 Å². The number of hydrogen-bond acceptors (Lipinski definition) is 3. The van der Waals surface area contributed by atoms with Crippen molar-refractivity contribution in [3.05, 3.63) is 12.4 Å².